The molecule has 4 rings (SSSR count). The molecule has 28 heavy (non-hydrogen) atoms. The third-order valence-corrected chi connectivity index (χ3v) is 5.00. The van der Waals surface area contributed by atoms with Crippen LogP contribution in [0.1, 0.15) is 34.2 Å². The van der Waals surface area contributed by atoms with E-state index in [4.69, 9.17) is 9.72 Å². The maximum Gasteiger partial charge on any atom is 0.123 e. The lowest BCUT2D eigenvalue weighted by atomic mass is 10.0. The summed E-state index contributed by atoms with van der Waals surface area (Å²) >= 11 is 0. The molecule has 146 valence electrons. The van der Waals surface area contributed by atoms with Gasteiger partial charge < -0.3 is 4.74 Å². The van der Waals surface area contributed by atoms with Crippen molar-refractivity contribution in [3.05, 3.63) is 82.7 Å². The molecular formula is C22H25FN4O. The fraction of sp³-hybridized carbons (Fsp3) is 0.364. The van der Waals surface area contributed by atoms with E-state index in [2.05, 4.69) is 28.3 Å². The highest BCUT2D eigenvalue weighted by Crippen LogP contribution is 2.24. The zero-order valence-electron chi connectivity index (χ0n) is 16.3. The molecule has 0 saturated carbocycles. The molecule has 0 amide bonds. The van der Waals surface area contributed by atoms with Gasteiger partial charge in [-0.05, 0) is 48.7 Å². The van der Waals surface area contributed by atoms with E-state index in [1.54, 1.807) is 0 Å². The Hall–Kier alpha value is -2.57. The van der Waals surface area contributed by atoms with Crippen LogP contribution in [0.15, 0.2) is 48.8 Å². The fourth-order valence-electron chi connectivity index (χ4n) is 3.71. The Balaban J connectivity index is 1.48. The van der Waals surface area contributed by atoms with E-state index < -0.39 is 0 Å². The van der Waals surface area contributed by atoms with E-state index >= 15 is 0 Å². The minimum absolute atomic E-state index is 0.0442. The Kier molecular flexibility index (Phi) is 5.50. The summed E-state index contributed by atoms with van der Waals surface area (Å²) in [5.74, 6) is -0.209. The summed E-state index contributed by atoms with van der Waals surface area (Å²) in [6.07, 6.45) is 4.67. The van der Waals surface area contributed by atoms with Gasteiger partial charge in [0, 0.05) is 44.1 Å². The summed E-state index contributed by atoms with van der Waals surface area (Å²) in [5, 5.41) is 4.25. The molecule has 6 heteroatoms. The molecule has 1 fully saturated rings. The molecule has 0 aliphatic carbocycles. The molecular weight excluding hydrogens is 355 g/mol. The van der Waals surface area contributed by atoms with Crippen LogP contribution in [0.25, 0.3) is 0 Å². The van der Waals surface area contributed by atoms with Crippen molar-refractivity contribution in [2.45, 2.75) is 26.0 Å². The molecule has 0 N–H and O–H groups in total. The van der Waals surface area contributed by atoms with Gasteiger partial charge in [0.05, 0.1) is 18.5 Å². The predicted octanol–water partition coefficient (Wildman–Crippen LogP) is 3.43. The lowest BCUT2D eigenvalue weighted by molar-refractivity contribution is -0.0350. The summed E-state index contributed by atoms with van der Waals surface area (Å²) in [4.78, 5) is 7.11. The highest BCUT2D eigenvalue weighted by atomic mass is 19.1. The molecule has 1 aromatic carbocycles. The number of pyridine rings is 1. The minimum atomic E-state index is -0.209. The lowest BCUT2D eigenvalue weighted by Crippen LogP contribution is -2.38. The van der Waals surface area contributed by atoms with Gasteiger partial charge in [-0.15, -0.1) is 0 Å². The zero-order chi connectivity index (χ0) is 19.5. The quantitative estimate of drug-likeness (QED) is 0.680. The van der Waals surface area contributed by atoms with Gasteiger partial charge in [0.25, 0.3) is 0 Å². The Bertz CT molecular complexity index is 938. The van der Waals surface area contributed by atoms with Crippen LogP contribution in [-0.4, -0.2) is 39.4 Å². The lowest BCUT2D eigenvalue weighted by Gasteiger charge is -2.32. The molecule has 0 spiro atoms. The van der Waals surface area contributed by atoms with Crippen LogP contribution in [0.5, 0.6) is 0 Å². The number of nitrogens with zero attached hydrogens (tertiary/aromatic N) is 4. The van der Waals surface area contributed by atoms with Gasteiger partial charge in [0.2, 0.25) is 0 Å². The summed E-state index contributed by atoms with van der Waals surface area (Å²) in [7, 11) is 1.94. The molecule has 1 atom stereocenters. The first kappa shape index (κ1) is 18.8. The molecule has 1 saturated heterocycles. The second-order valence-electron chi connectivity index (χ2n) is 7.46. The van der Waals surface area contributed by atoms with Crippen molar-refractivity contribution in [1.29, 1.82) is 0 Å². The van der Waals surface area contributed by atoms with Crippen molar-refractivity contribution >= 4 is 0 Å². The van der Waals surface area contributed by atoms with E-state index in [1.807, 2.05) is 37.0 Å². The van der Waals surface area contributed by atoms with Gasteiger partial charge in [-0.2, -0.15) is 5.10 Å². The van der Waals surface area contributed by atoms with E-state index in [0.717, 1.165) is 43.0 Å². The molecule has 3 heterocycles. The van der Waals surface area contributed by atoms with Gasteiger partial charge >= 0.3 is 0 Å². The van der Waals surface area contributed by atoms with Crippen LogP contribution >= 0.6 is 0 Å². The minimum Gasteiger partial charge on any atom is -0.369 e. The Morgan fingerprint density at radius 2 is 1.96 bits per heavy atom. The fourth-order valence-corrected chi connectivity index (χ4v) is 3.71. The highest BCUT2D eigenvalue weighted by Gasteiger charge is 2.24. The SMILES string of the molecule is Cc1cc(Cc2ccc(F)cc2)cc(C2CN(Cc3cnn(C)c3)CCO2)n1. The number of benzene rings is 1. The van der Waals surface area contributed by atoms with E-state index in [0.29, 0.717) is 6.61 Å². The summed E-state index contributed by atoms with van der Waals surface area (Å²) < 4.78 is 21.0. The second kappa shape index (κ2) is 8.20. The number of ether oxygens (including phenoxy) is 1. The first-order valence-corrected chi connectivity index (χ1v) is 9.58. The van der Waals surface area contributed by atoms with Crippen molar-refractivity contribution in [3.63, 3.8) is 0 Å². The van der Waals surface area contributed by atoms with E-state index in [1.165, 1.54) is 23.3 Å². The van der Waals surface area contributed by atoms with Crippen molar-refractivity contribution < 1.29 is 9.13 Å². The van der Waals surface area contributed by atoms with Gasteiger partial charge in [-0.25, -0.2) is 4.39 Å². The van der Waals surface area contributed by atoms with Gasteiger partial charge in [0.1, 0.15) is 11.9 Å². The molecule has 1 aliphatic heterocycles. The zero-order valence-corrected chi connectivity index (χ0v) is 16.3. The van der Waals surface area contributed by atoms with Crippen LogP contribution < -0.4 is 0 Å². The second-order valence-corrected chi connectivity index (χ2v) is 7.46. The third kappa shape index (κ3) is 4.64. The number of aryl methyl sites for hydroxylation is 2. The van der Waals surface area contributed by atoms with Crippen molar-refractivity contribution in [3.8, 4) is 0 Å². The maximum absolute atomic E-state index is 13.2. The van der Waals surface area contributed by atoms with Crippen LogP contribution in [0.4, 0.5) is 4.39 Å². The highest BCUT2D eigenvalue weighted by molar-refractivity contribution is 5.29. The smallest absolute Gasteiger partial charge is 0.123 e. The molecule has 5 nitrogen and oxygen atoms in total. The predicted molar refractivity (Wildman–Crippen MR) is 105 cm³/mol. The van der Waals surface area contributed by atoms with Gasteiger partial charge in [-0.1, -0.05) is 12.1 Å². The number of halogens is 1. The Morgan fingerprint density at radius 1 is 1.14 bits per heavy atom. The van der Waals surface area contributed by atoms with Crippen LogP contribution in [-0.2, 0) is 24.8 Å². The monoisotopic (exact) mass is 380 g/mol. The number of rotatable bonds is 5. The first-order chi connectivity index (χ1) is 13.5. The summed E-state index contributed by atoms with van der Waals surface area (Å²) in [6, 6.07) is 10.9. The number of aromatic nitrogens is 3. The molecule has 0 bridgehead atoms. The van der Waals surface area contributed by atoms with Crippen LogP contribution in [0.3, 0.4) is 0 Å². The average molecular weight is 380 g/mol. The van der Waals surface area contributed by atoms with Crippen LogP contribution in [0, 0.1) is 12.7 Å². The van der Waals surface area contributed by atoms with E-state index in [9.17, 15) is 4.39 Å². The topological polar surface area (TPSA) is 43.2 Å². The molecule has 1 aliphatic rings. The summed E-state index contributed by atoms with van der Waals surface area (Å²) in [6.45, 7) is 5.27. The van der Waals surface area contributed by atoms with Crippen molar-refractivity contribution in [2.75, 3.05) is 19.7 Å². The summed E-state index contributed by atoms with van der Waals surface area (Å²) in [5.41, 5.74) is 5.40. The van der Waals surface area contributed by atoms with Crippen molar-refractivity contribution in [1.82, 2.24) is 19.7 Å². The average Bonchev–Trinajstić information content (AvgIpc) is 3.08. The number of hydrogen-bond donors (Lipinski definition) is 0. The first-order valence-electron chi connectivity index (χ1n) is 9.58. The van der Waals surface area contributed by atoms with Gasteiger partial charge in [0.15, 0.2) is 0 Å². The van der Waals surface area contributed by atoms with E-state index in [-0.39, 0.29) is 11.9 Å². The number of hydrogen-bond acceptors (Lipinski definition) is 4. The largest absolute Gasteiger partial charge is 0.369 e. The third-order valence-electron chi connectivity index (χ3n) is 5.00. The van der Waals surface area contributed by atoms with Crippen molar-refractivity contribution in [2.24, 2.45) is 7.05 Å². The molecule has 3 aromatic rings. The molecule has 1 unspecified atom stereocenters. The normalized spacial score (nSPS) is 17.8. The molecule has 2 aromatic heterocycles. The standard InChI is InChI=1S/C22H25FN4O/c1-16-9-18(10-17-3-5-20(23)6-4-17)11-21(25-16)22-15-27(7-8-28-22)14-19-12-24-26(2)13-19/h3-6,9,11-13,22H,7-8,10,14-15H2,1-2H3. The number of morpholine rings is 1. The molecule has 0 radical (unpaired) electrons. The Morgan fingerprint density at radius 3 is 2.71 bits per heavy atom. The van der Waals surface area contributed by atoms with Crippen LogP contribution in [0.2, 0.25) is 0 Å². The Labute approximate surface area is 164 Å². The maximum atomic E-state index is 13.2. The van der Waals surface area contributed by atoms with Gasteiger partial charge in [-0.3, -0.25) is 14.6 Å².